The molecule has 0 atom stereocenters. The average Bonchev–Trinajstić information content (AvgIpc) is 2.67. The van der Waals surface area contributed by atoms with E-state index in [4.69, 9.17) is 11.6 Å². The molecule has 0 saturated heterocycles. The number of ether oxygens (including phenoxy) is 1. The Labute approximate surface area is 188 Å². The minimum atomic E-state index is -6.58. The molecule has 3 N–H and O–H groups in total. The maximum absolute atomic E-state index is 14.3. The van der Waals surface area contributed by atoms with Gasteiger partial charge in [0.25, 0.3) is 0 Å². The van der Waals surface area contributed by atoms with Crippen LogP contribution in [0.25, 0.3) is 0 Å². The molecule has 190 valence electrons. The topological polar surface area (TPSA) is 92.9 Å². The highest BCUT2D eigenvalue weighted by atomic mass is 35.5. The van der Waals surface area contributed by atoms with E-state index in [-0.39, 0.29) is 17.6 Å². The predicted octanol–water partition coefficient (Wildman–Crippen LogP) is 5.88. The Balaban J connectivity index is 0.00000578. The molecule has 0 aromatic heterocycles. The molecule has 0 unspecified atom stereocenters. The second-order valence-corrected chi connectivity index (χ2v) is 6.74. The summed E-state index contributed by atoms with van der Waals surface area (Å²) >= 11 is 5.62. The predicted molar refractivity (Wildman–Crippen MR) is 98.0 cm³/mol. The fraction of sp³-hybridized carbons (Fsp3) is 0.278. The molecule has 0 aliphatic carbocycles. The van der Waals surface area contributed by atoms with Gasteiger partial charge in [-0.05, 0) is 24.3 Å². The molecule has 0 radical (unpaired) electrons. The second-order valence-electron chi connectivity index (χ2n) is 6.34. The van der Waals surface area contributed by atoms with Crippen molar-refractivity contribution in [2.24, 2.45) is 0 Å². The summed E-state index contributed by atoms with van der Waals surface area (Å²) in [7, 11) is 0. The molecular formula is C18H11ClF10NO4-. The summed E-state index contributed by atoms with van der Waals surface area (Å²) in [6.07, 6.45) is -14.3. The average molecular weight is 531 g/mol. The van der Waals surface area contributed by atoms with Crippen molar-refractivity contribution >= 4 is 23.1 Å². The first kappa shape index (κ1) is 29.3. The van der Waals surface area contributed by atoms with Gasteiger partial charge in [0, 0.05) is 22.6 Å². The van der Waals surface area contributed by atoms with Crippen molar-refractivity contribution in [1.29, 1.82) is 0 Å². The van der Waals surface area contributed by atoms with Gasteiger partial charge in [-0.3, -0.25) is 4.79 Å². The Morgan fingerprint density at radius 3 is 2.09 bits per heavy atom. The van der Waals surface area contributed by atoms with Crippen molar-refractivity contribution in [2.75, 3.05) is 5.48 Å². The third kappa shape index (κ3) is 5.47. The van der Waals surface area contributed by atoms with Crippen LogP contribution >= 0.6 is 11.6 Å². The highest BCUT2D eigenvalue weighted by molar-refractivity contribution is 6.32. The van der Waals surface area contributed by atoms with Gasteiger partial charge in [-0.15, -0.1) is 0 Å². The van der Waals surface area contributed by atoms with Gasteiger partial charge in [0.2, 0.25) is 0 Å². The van der Waals surface area contributed by atoms with Gasteiger partial charge in [0.1, 0.15) is 5.75 Å². The molecular weight excluding hydrogens is 520 g/mol. The molecule has 5 nitrogen and oxygen atoms in total. The molecule has 2 aromatic carbocycles. The summed E-state index contributed by atoms with van der Waals surface area (Å²) < 4.78 is 136. The largest absolute Gasteiger partial charge is 0.761 e. The molecule has 0 aliphatic rings. The number of Topliss-reactive ketones (excluding diaryl/α,β-unsaturated/α-hetero) is 1. The van der Waals surface area contributed by atoms with E-state index in [1.54, 1.807) is 0 Å². The third-order valence-corrected chi connectivity index (χ3v) is 4.63. The van der Waals surface area contributed by atoms with Crippen LogP contribution in [0.3, 0.4) is 0 Å². The van der Waals surface area contributed by atoms with E-state index in [9.17, 15) is 53.9 Å². The molecule has 0 bridgehead atoms. The lowest BCUT2D eigenvalue weighted by atomic mass is 9.91. The number of ketones is 1. The normalized spacial score (nSPS) is 12.4. The van der Waals surface area contributed by atoms with Crippen molar-refractivity contribution in [3.63, 3.8) is 0 Å². The molecule has 34 heavy (non-hydrogen) atoms. The van der Waals surface area contributed by atoms with Crippen molar-refractivity contribution in [2.45, 2.75) is 31.1 Å². The van der Waals surface area contributed by atoms with E-state index >= 15 is 0 Å². The fourth-order valence-electron chi connectivity index (χ4n) is 2.75. The van der Waals surface area contributed by atoms with Crippen LogP contribution in [0.2, 0.25) is 5.02 Å². The third-order valence-electron chi connectivity index (χ3n) is 4.30. The van der Waals surface area contributed by atoms with Crippen molar-refractivity contribution < 1.29 is 58.9 Å². The molecule has 16 heteroatoms. The van der Waals surface area contributed by atoms with E-state index in [1.165, 1.54) is 5.48 Å². The van der Waals surface area contributed by atoms with Gasteiger partial charge in [0.05, 0.1) is 11.3 Å². The second kappa shape index (κ2) is 10.2. The highest BCUT2D eigenvalue weighted by Gasteiger charge is 2.73. The van der Waals surface area contributed by atoms with Gasteiger partial charge in [-0.25, -0.2) is 8.78 Å². The smallest absolute Gasteiger partial charge is 0.435 e. The van der Waals surface area contributed by atoms with Crippen LogP contribution in [0.15, 0.2) is 30.3 Å². The Morgan fingerprint density at radius 2 is 1.62 bits per heavy atom. The number of alkyl halides is 9. The number of carbonyl (C=O) groups is 1. The number of carbonyl (C=O) groups excluding carboxylic acids is 1. The van der Waals surface area contributed by atoms with Crippen molar-refractivity contribution in [1.82, 2.24) is 0 Å². The lowest BCUT2D eigenvalue weighted by Crippen LogP contribution is -2.50. The Hall–Kier alpha value is -2.78. The number of halogens is 11. The molecule has 0 saturated carbocycles. The molecule has 0 spiro atoms. The van der Waals surface area contributed by atoms with Gasteiger partial charge < -0.3 is 20.9 Å². The molecule has 2 aromatic rings. The Kier molecular flexibility index (Phi) is 8.80. The number of rotatable bonds is 7. The van der Waals surface area contributed by atoms with Crippen LogP contribution in [0.5, 0.6) is 5.75 Å². The molecule has 0 heterocycles. The van der Waals surface area contributed by atoms with E-state index in [0.717, 1.165) is 18.2 Å². The fourth-order valence-corrected chi connectivity index (χ4v) is 3.03. The summed E-state index contributed by atoms with van der Waals surface area (Å²) in [6.45, 7) is -3.83. The van der Waals surface area contributed by atoms with Crippen LogP contribution in [-0.2, 0) is 12.1 Å². The Morgan fingerprint density at radius 1 is 1.06 bits per heavy atom. The lowest BCUT2D eigenvalue weighted by molar-refractivity contribution is -0.348. The van der Waals surface area contributed by atoms with Gasteiger partial charge >= 0.3 is 24.6 Å². The number of anilines is 1. The SMILES string of the molecule is O.O=C(Cc1c(Cl)cc(C(F)(C(F)(F)F)C(F)(F)F)cc1OC(F)F)c1cccc(N[O-])c1F. The zero-order chi connectivity index (χ0) is 25.4. The monoisotopic (exact) mass is 530 g/mol. The van der Waals surface area contributed by atoms with Crippen LogP contribution in [0.1, 0.15) is 21.5 Å². The van der Waals surface area contributed by atoms with Gasteiger partial charge in [-0.1, -0.05) is 17.7 Å². The van der Waals surface area contributed by atoms with Crippen LogP contribution < -0.4 is 10.2 Å². The van der Waals surface area contributed by atoms with Crippen molar-refractivity contribution in [3.8, 4) is 5.75 Å². The van der Waals surface area contributed by atoms with E-state index < -0.39 is 75.8 Å². The maximum atomic E-state index is 14.3. The summed E-state index contributed by atoms with van der Waals surface area (Å²) in [5.41, 5.74) is -9.44. The number of hydrogen-bond donors (Lipinski definition) is 1. The quantitative estimate of drug-likeness (QED) is 0.275. The van der Waals surface area contributed by atoms with E-state index in [1.807, 2.05) is 0 Å². The summed E-state index contributed by atoms with van der Waals surface area (Å²) in [5, 5.41) is 9.49. The van der Waals surface area contributed by atoms with Crippen LogP contribution in [0.4, 0.5) is 49.6 Å². The minimum Gasteiger partial charge on any atom is -0.761 e. The van der Waals surface area contributed by atoms with Crippen LogP contribution in [0, 0.1) is 11.0 Å². The minimum absolute atomic E-state index is 0. The summed E-state index contributed by atoms with van der Waals surface area (Å²) in [6, 6.07) is 2.35. The molecule has 0 fully saturated rings. The molecule has 0 aliphatic heterocycles. The standard InChI is InChI=1S/C18H9ClF10NO3.H2O/c19-10-4-7(16(23,17(24,25)26)18(27,28)29)5-13(33-15(21)22)9(10)6-12(31)8-2-1-3-11(30-32)14(8)20;/h1-5,15,30H,6H2;1H2/q-1;. The number of hydrogen-bond acceptors (Lipinski definition) is 4. The lowest BCUT2D eigenvalue weighted by Gasteiger charge is -2.31. The first-order chi connectivity index (χ1) is 15.0. The summed E-state index contributed by atoms with van der Waals surface area (Å²) in [5.74, 6) is -4.12. The van der Waals surface area contributed by atoms with E-state index in [0.29, 0.717) is 0 Å². The first-order valence-electron chi connectivity index (χ1n) is 8.34. The van der Waals surface area contributed by atoms with Crippen LogP contribution in [-0.4, -0.2) is 30.2 Å². The number of benzene rings is 2. The zero-order valence-electron chi connectivity index (χ0n) is 16.1. The van der Waals surface area contributed by atoms with Crippen molar-refractivity contribution in [3.05, 3.63) is 63.1 Å². The zero-order valence-corrected chi connectivity index (χ0v) is 16.8. The van der Waals surface area contributed by atoms with Gasteiger partial charge in [0.15, 0.2) is 11.6 Å². The van der Waals surface area contributed by atoms with Gasteiger partial charge in [-0.2, -0.15) is 35.1 Å². The highest BCUT2D eigenvalue weighted by Crippen LogP contribution is 2.54. The first-order valence-corrected chi connectivity index (χ1v) is 8.72. The Bertz CT molecular complexity index is 1030. The summed E-state index contributed by atoms with van der Waals surface area (Å²) in [4.78, 5) is 12.4. The molecule has 2 rings (SSSR count). The van der Waals surface area contributed by atoms with E-state index in [2.05, 4.69) is 4.74 Å². The number of nitrogens with one attached hydrogen (secondary N) is 1. The molecule has 0 amide bonds. The maximum Gasteiger partial charge on any atom is 0.435 e.